The number of carbonyl (C=O) groups excluding carboxylic acids is 1. The zero-order chi connectivity index (χ0) is 19.8. The van der Waals surface area contributed by atoms with Gasteiger partial charge in [0.25, 0.3) is 0 Å². The number of carbonyl (C=O) groups is 1. The molecule has 1 saturated heterocycles. The van der Waals surface area contributed by atoms with Crippen molar-refractivity contribution in [1.82, 2.24) is 34.3 Å². The average molecular weight is 394 g/mol. The van der Waals surface area contributed by atoms with Gasteiger partial charge >= 0.3 is 0 Å². The molecule has 0 aliphatic carbocycles. The van der Waals surface area contributed by atoms with Gasteiger partial charge in [-0.3, -0.25) is 9.48 Å². The highest BCUT2D eigenvalue weighted by molar-refractivity contribution is 5.87. The molecule has 5 rings (SSSR count). The van der Waals surface area contributed by atoms with Crippen LogP contribution in [0.5, 0.6) is 0 Å². The van der Waals surface area contributed by atoms with Crippen LogP contribution in [0.25, 0.3) is 5.65 Å². The number of anilines is 2. The second kappa shape index (κ2) is 7.28. The minimum Gasteiger partial charge on any atom is -0.373 e. The van der Waals surface area contributed by atoms with E-state index in [1.807, 2.05) is 21.8 Å². The van der Waals surface area contributed by atoms with Crippen LogP contribution in [0, 0.1) is 0 Å². The fraction of sp³-hybridized carbons (Fsp3) is 0.421. The number of nitrogens with zero attached hydrogens (tertiary/aromatic N) is 7. The van der Waals surface area contributed by atoms with Crippen molar-refractivity contribution in [3.05, 3.63) is 42.6 Å². The van der Waals surface area contributed by atoms with Crippen LogP contribution in [-0.2, 0) is 22.7 Å². The lowest BCUT2D eigenvalue weighted by Gasteiger charge is -2.31. The summed E-state index contributed by atoms with van der Waals surface area (Å²) in [4.78, 5) is 23.0. The van der Waals surface area contributed by atoms with E-state index >= 15 is 0 Å². The minimum atomic E-state index is -0.0410. The van der Waals surface area contributed by atoms with Gasteiger partial charge in [-0.1, -0.05) is 6.58 Å². The first-order valence-corrected chi connectivity index (χ1v) is 9.74. The van der Waals surface area contributed by atoms with Crippen molar-refractivity contribution in [3.8, 4) is 0 Å². The quantitative estimate of drug-likeness (QED) is 0.669. The Morgan fingerprint density at radius 3 is 3.17 bits per heavy atom. The molecule has 0 radical (unpaired) electrons. The summed E-state index contributed by atoms with van der Waals surface area (Å²) in [5, 5.41) is 12.2. The van der Waals surface area contributed by atoms with E-state index in [1.165, 1.54) is 12.4 Å². The Hall–Kier alpha value is -3.27. The summed E-state index contributed by atoms with van der Waals surface area (Å²) >= 11 is 0. The molecule has 2 aliphatic heterocycles. The number of hydrogen-bond donors (Lipinski definition) is 1. The maximum absolute atomic E-state index is 12.0. The summed E-state index contributed by atoms with van der Waals surface area (Å²) < 4.78 is 9.15. The number of piperidine rings is 1. The zero-order valence-electron chi connectivity index (χ0n) is 16.0. The number of amides is 1. The Kier molecular flexibility index (Phi) is 4.47. The summed E-state index contributed by atoms with van der Waals surface area (Å²) in [5.41, 5.74) is 2.53. The third-order valence-corrected chi connectivity index (χ3v) is 5.41. The average Bonchev–Trinajstić information content (AvgIpc) is 3.39. The van der Waals surface area contributed by atoms with Crippen LogP contribution in [-0.4, -0.2) is 59.9 Å². The van der Waals surface area contributed by atoms with E-state index in [9.17, 15) is 4.79 Å². The van der Waals surface area contributed by atoms with Crippen molar-refractivity contribution in [1.29, 1.82) is 0 Å². The van der Waals surface area contributed by atoms with Crippen molar-refractivity contribution < 1.29 is 9.53 Å². The third-order valence-electron chi connectivity index (χ3n) is 5.41. The second-order valence-electron chi connectivity index (χ2n) is 7.29. The monoisotopic (exact) mass is 394 g/mol. The number of aromatic nitrogens is 6. The highest BCUT2D eigenvalue weighted by Gasteiger charge is 2.26. The van der Waals surface area contributed by atoms with Crippen LogP contribution in [0.1, 0.15) is 30.1 Å². The van der Waals surface area contributed by atoms with E-state index in [-0.39, 0.29) is 11.8 Å². The molecule has 3 aromatic rings. The molecule has 1 N–H and O–H groups in total. The van der Waals surface area contributed by atoms with Crippen molar-refractivity contribution >= 4 is 23.2 Å². The van der Waals surface area contributed by atoms with Gasteiger partial charge in [0.05, 0.1) is 37.3 Å². The van der Waals surface area contributed by atoms with Crippen LogP contribution in [0.4, 0.5) is 11.6 Å². The Balaban J connectivity index is 1.46. The number of hydrogen-bond acceptors (Lipinski definition) is 7. The molecular formula is C19H22N8O2. The lowest BCUT2D eigenvalue weighted by molar-refractivity contribution is -0.127. The summed E-state index contributed by atoms with van der Waals surface area (Å²) in [6, 6.07) is 1.96. The van der Waals surface area contributed by atoms with E-state index in [0.717, 1.165) is 37.3 Å². The molecular weight excluding hydrogens is 372 g/mol. The molecule has 0 unspecified atom stereocenters. The third kappa shape index (κ3) is 3.35. The summed E-state index contributed by atoms with van der Waals surface area (Å²) in [7, 11) is 0. The SMILES string of the molecule is C=CC(=O)N1CCC[C@@H](c2cn3ncnc3c(Nc3cc4n(n3)CCOC4)n2)C1. The van der Waals surface area contributed by atoms with Crippen LogP contribution in [0.3, 0.4) is 0 Å². The first-order valence-electron chi connectivity index (χ1n) is 9.74. The summed E-state index contributed by atoms with van der Waals surface area (Å²) in [5.74, 6) is 1.39. The van der Waals surface area contributed by atoms with Crippen LogP contribution >= 0.6 is 0 Å². The normalized spacial score (nSPS) is 19.2. The highest BCUT2D eigenvalue weighted by atomic mass is 16.5. The minimum absolute atomic E-state index is 0.0410. The van der Waals surface area contributed by atoms with E-state index in [0.29, 0.717) is 37.0 Å². The molecule has 29 heavy (non-hydrogen) atoms. The molecule has 1 atom stereocenters. The van der Waals surface area contributed by atoms with Gasteiger partial charge in [-0.25, -0.2) is 14.5 Å². The molecule has 0 bridgehead atoms. The predicted molar refractivity (Wildman–Crippen MR) is 105 cm³/mol. The van der Waals surface area contributed by atoms with Crippen molar-refractivity contribution in [2.24, 2.45) is 0 Å². The van der Waals surface area contributed by atoms with E-state index < -0.39 is 0 Å². The van der Waals surface area contributed by atoms with Crippen LogP contribution in [0.15, 0.2) is 31.2 Å². The van der Waals surface area contributed by atoms with Gasteiger partial charge in [0.2, 0.25) is 5.91 Å². The second-order valence-corrected chi connectivity index (χ2v) is 7.29. The fourth-order valence-corrected chi connectivity index (χ4v) is 3.95. The van der Waals surface area contributed by atoms with Gasteiger partial charge in [0, 0.05) is 25.1 Å². The molecule has 5 heterocycles. The molecule has 10 nitrogen and oxygen atoms in total. The summed E-state index contributed by atoms with van der Waals surface area (Å²) in [6.45, 7) is 6.92. The largest absolute Gasteiger partial charge is 0.373 e. The van der Waals surface area contributed by atoms with Gasteiger partial charge in [-0.15, -0.1) is 0 Å². The molecule has 0 aromatic carbocycles. The van der Waals surface area contributed by atoms with Gasteiger partial charge in [-0.05, 0) is 18.9 Å². The Morgan fingerprint density at radius 1 is 1.38 bits per heavy atom. The summed E-state index contributed by atoms with van der Waals surface area (Å²) in [6.07, 6.45) is 6.66. The van der Waals surface area contributed by atoms with E-state index in [4.69, 9.17) is 9.72 Å². The topological polar surface area (TPSA) is 102 Å². The molecule has 2 aliphatic rings. The van der Waals surface area contributed by atoms with E-state index in [2.05, 4.69) is 27.1 Å². The molecule has 1 fully saturated rings. The first-order chi connectivity index (χ1) is 14.2. The lowest BCUT2D eigenvalue weighted by Crippen LogP contribution is -2.38. The molecule has 0 spiro atoms. The number of rotatable bonds is 4. The van der Waals surface area contributed by atoms with Gasteiger partial charge in [0.15, 0.2) is 17.3 Å². The van der Waals surface area contributed by atoms with Crippen molar-refractivity contribution in [2.75, 3.05) is 25.0 Å². The number of nitrogens with one attached hydrogen (secondary N) is 1. The van der Waals surface area contributed by atoms with Crippen LogP contribution in [0.2, 0.25) is 0 Å². The standard InChI is InChI=1S/C19H22N8O2/c1-2-17(28)25-5-3-4-13(9-25)15-10-27-19(20-12-21-27)18(22-15)23-16-8-14-11-29-7-6-26(14)24-16/h2,8,10,12-13H,1,3-7,9,11H2,(H,22,23,24)/t13-/m1/s1. The van der Waals surface area contributed by atoms with Crippen LogP contribution < -0.4 is 5.32 Å². The van der Waals surface area contributed by atoms with Gasteiger partial charge in [-0.2, -0.15) is 10.2 Å². The zero-order valence-corrected chi connectivity index (χ0v) is 16.0. The van der Waals surface area contributed by atoms with E-state index in [1.54, 1.807) is 4.52 Å². The number of ether oxygens (including phenoxy) is 1. The first kappa shape index (κ1) is 17.8. The molecule has 150 valence electrons. The molecule has 0 saturated carbocycles. The molecule has 10 heteroatoms. The smallest absolute Gasteiger partial charge is 0.245 e. The van der Waals surface area contributed by atoms with Crippen molar-refractivity contribution in [2.45, 2.75) is 31.9 Å². The highest BCUT2D eigenvalue weighted by Crippen LogP contribution is 2.28. The van der Waals surface area contributed by atoms with Crippen molar-refractivity contribution in [3.63, 3.8) is 0 Å². The fourth-order valence-electron chi connectivity index (χ4n) is 3.95. The van der Waals surface area contributed by atoms with Gasteiger partial charge in [0.1, 0.15) is 6.33 Å². The number of likely N-dealkylation sites (tertiary alicyclic amines) is 1. The number of fused-ring (bicyclic) bond motifs is 2. The molecule has 3 aromatic heterocycles. The Morgan fingerprint density at radius 2 is 2.31 bits per heavy atom. The molecule has 1 amide bonds. The Labute approximate surface area is 167 Å². The van der Waals surface area contributed by atoms with Gasteiger partial charge < -0.3 is 15.0 Å². The maximum Gasteiger partial charge on any atom is 0.245 e. The maximum atomic E-state index is 12.0. The Bertz CT molecular complexity index is 1050. The lowest BCUT2D eigenvalue weighted by atomic mass is 9.95. The predicted octanol–water partition coefficient (Wildman–Crippen LogP) is 1.49.